The first-order valence-electron chi connectivity index (χ1n) is 9.50. The second-order valence-corrected chi connectivity index (χ2v) is 7.43. The third-order valence-electron chi connectivity index (χ3n) is 5.40. The predicted octanol–water partition coefficient (Wildman–Crippen LogP) is 3.38. The van der Waals surface area contributed by atoms with Crippen molar-refractivity contribution in [3.63, 3.8) is 0 Å². The highest BCUT2D eigenvalue weighted by Gasteiger charge is 2.41. The van der Waals surface area contributed by atoms with Crippen molar-refractivity contribution in [3.8, 4) is 0 Å². The highest BCUT2D eigenvalue weighted by molar-refractivity contribution is 5.88. The number of hydrogen-bond acceptors (Lipinski definition) is 2. The summed E-state index contributed by atoms with van der Waals surface area (Å²) < 4.78 is 0. The van der Waals surface area contributed by atoms with Crippen LogP contribution >= 0.6 is 0 Å². The molecule has 0 atom stereocenters. The molecule has 2 aliphatic rings. The zero-order valence-electron chi connectivity index (χ0n) is 15.5. The van der Waals surface area contributed by atoms with E-state index >= 15 is 0 Å². The van der Waals surface area contributed by atoms with Gasteiger partial charge < -0.3 is 15.5 Å². The first-order chi connectivity index (χ1) is 12.1. The highest BCUT2D eigenvalue weighted by atomic mass is 16.1. The van der Waals surface area contributed by atoms with E-state index in [2.05, 4.69) is 28.5 Å². The lowest BCUT2D eigenvalue weighted by atomic mass is 9.86. The number of benzene rings is 1. The van der Waals surface area contributed by atoms with Crippen molar-refractivity contribution in [2.75, 3.05) is 25.0 Å². The topological polar surface area (TPSA) is 56.7 Å². The van der Waals surface area contributed by atoms with E-state index in [1.165, 1.54) is 39.0 Å². The molecule has 136 valence electrons. The second-order valence-electron chi connectivity index (χ2n) is 7.43. The van der Waals surface area contributed by atoms with Gasteiger partial charge in [-0.15, -0.1) is 0 Å². The summed E-state index contributed by atoms with van der Waals surface area (Å²) in [5.74, 6) is 0.976. The highest BCUT2D eigenvalue weighted by Crippen LogP contribution is 2.45. The summed E-state index contributed by atoms with van der Waals surface area (Å²) in [4.78, 5) is 18.5. The van der Waals surface area contributed by atoms with E-state index < -0.39 is 0 Å². The molecule has 1 saturated heterocycles. The number of nitrogens with one attached hydrogen (secondary N) is 2. The summed E-state index contributed by atoms with van der Waals surface area (Å²) in [6, 6.07) is 7.92. The molecule has 1 aromatic carbocycles. The summed E-state index contributed by atoms with van der Waals surface area (Å²) in [5.41, 5.74) is 2.48. The lowest BCUT2D eigenvalue weighted by Gasteiger charge is -2.26. The average Bonchev–Trinajstić information content (AvgIpc) is 3.21. The van der Waals surface area contributed by atoms with E-state index in [0.717, 1.165) is 36.8 Å². The molecule has 0 unspecified atom stereocenters. The van der Waals surface area contributed by atoms with Gasteiger partial charge in [0.05, 0.1) is 6.54 Å². The molecule has 1 spiro atoms. The lowest BCUT2D eigenvalue weighted by molar-refractivity contribution is -0.114. The van der Waals surface area contributed by atoms with E-state index in [-0.39, 0.29) is 5.91 Å². The standard InChI is InChI=1S/C20H30N4O/c1-3-21-19(24-12-11-20(15-24)9-4-5-10-20)22-14-17-7-6-8-18(13-17)23-16(2)25/h6-8,13H,3-5,9-12,14-15H2,1-2H3,(H,21,22)(H,23,25). The van der Waals surface area contributed by atoms with Crippen LogP contribution in [0.15, 0.2) is 29.3 Å². The van der Waals surface area contributed by atoms with Crippen molar-refractivity contribution in [2.45, 2.75) is 52.5 Å². The van der Waals surface area contributed by atoms with E-state index in [1.54, 1.807) is 0 Å². The Balaban J connectivity index is 1.67. The molecule has 1 aliphatic heterocycles. The maximum absolute atomic E-state index is 11.2. The van der Waals surface area contributed by atoms with Crippen molar-refractivity contribution in [1.29, 1.82) is 0 Å². The van der Waals surface area contributed by atoms with Crippen molar-refractivity contribution < 1.29 is 4.79 Å². The number of anilines is 1. The van der Waals surface area contributed by atoms with Crippen molar-refractivity contribution in [2.24, 2.45) is 10.4 Å². The first-order valence-corrected chi connectivity index (χ1v) is 9.50. The number of nitrogens with zero attached hydrogens (tertiary/aromatic N) is 2. The molecule has 5 nitrogen and oxygen atoms in total. The summed E-state index contributed by atoms with van der Waals surface area (Å²) in [7, 11) is 0. The Labute approximate surface area is 150 Å². The van der Waals surface area contributed by atoms with Crippen LogP contribution in [0, 0.1) is 5.41 Å². The molecular formula is C20H30N4O. The van der Waals surface area contributed by atoms with Crippen molar-refractivity contribution in [1.82, 2.24) is 10.2 Å². The van der Waals surface area contributed by atoms with Crippen LogP contribution in [0.3, 0.4) is 0 Å². The van der Waals surface area contributed by atoms with Gasteiger partial charge in [-0.2, -0.15) is 0 Å². The van der Waals surface area contributed by atoms with E-state index in [0.29, 0.717) is 12.0 Å². The molecule has 1 saturated carbocycles. The van der Waals surface area contributed by atoms with Crippen LogP contribution < -0.4 is 10.6 Å². The van der Waals surface area contributed by atoms with Crippen LogP contribution in [0.4, 0.5) is 5.69 Å². The largest absolute Gasteiger partial charge is 0.357 e. The molecule has 2 N–H and O–H groups in total. The van der Waals surface area contributed by atoms with E-state index in [4.69, 9.17) is 4.99 Å². The fourth-order valence-electron chi connectivity index (χ4n) is 4.19. The Kier molecular flexibility index (Phi) is 5.61. The summed E-state index contributed by atoms with van der Waals surface area (Å²) >= 11 is 0. The molecule has 5 heteroatoms. The number of carbonyl (C=O) groups excluding carboxylic acids is 1. The third kappa shape index (κ3) is 4.53. The van der Waals surface area contributed by atoms with Gasteiger partial charge in [0.2, 0.25) is 5.91 Å². The van der Waals surface area contributed by atoms with Gasteiger partial charge in [0, 0.05) is 32.2 Å². The Hall–Kier alpha value is -2.04. The van der Waals surface area contributed by atoms with Crippen LogP contribution in [0.1, 0.15) is 51.5 Å². The lowest BCUT2D eigenvalue weighted by Crippen LogP contribution is -2.41. The van der Waals surface area contributed by atoms with Gasteiger partial charge >= 0.3 is 0 Å². The zero-order chi connectivity index (χ0) is 17.7. The first kappa shape index (κ1) is 17.8. The minimum atomic E-state index is -0.0482. The van der Waals surface area contributed by atoms with Gasteiger partial charge in [-0.25, -0.2) is 4.99 Å². The Morgan fingerprint density at radius 1 is 1.28 bits per heavy atom. The molecule has 0 aromatic heterocycles. The zero-order valence-corrected chi connectivity index (χ0v) is 15.5. The number of likely N-dealkylation sites (tertiary alicyclic amines) is 1. The van der Waals surface area contributed by atoms with Gasteiger partial charge in [0.1, 0.15) is 0 Å². The molecular weight excluding hydrogens is 312 g/mol. The Morgan fingerprint density at radius 3 is 2.80 bits per heavy atom. The number of aliphatic imine (C=N–C) groups is 1. The minimum Gasteiger partial charge on any atom is -0.357 e. The predicted molar refractivity (Wildman–Crippen MR) is 103 cm³/mol. The van der Waals surface area contributed by atoms with Gasteiger partial charge in [0.15, 0.2) is 5.96 Å². The maximum atomic E-state index is 11.2. The maximum Gasteiger partial charge on any atom is 0.221 e. The average molecular weight is 342 g/mol. The quantitative estimate of drug-likeness (QED) is 0.651. The fourth-order valence-corrected chi connectivity index (χ4v) is 4.19. The smallest absolute Gasteiger partial charge is 0.221 e. The molecule has 0 radical (unpaired) electrons. The third-order valence-corrected chi connectivity index (χ3v) is 5.40. The monoisotopic (exact) mass is 342 g/mol. The molecule has 1 aromatic rings. The molecule has 1 amide bonds. The molecule has 1 aliphatic carbocycles. The Bertz CT molecular complexity index is 634. The number of rotatable bonds is 4. The fraction of sp³-hybridized carbons (Fsp3) is 0.600. The van der Waals surface area contributed by atoms with Gasteiger partial charge in [-0.1, -0.05) is 25.0 Å². The molecule has 2 fully saturated rings. The summed E-state index contributed by atoms with van der Waals surface area (Å²) in [5, 5.41) is 6.29. The van der Waals surface area contributed by atoms with Crippen LogP contribution in [0.25, 0.3) is 0 Å². The Morgan fingerprint density at radius 2 is 2.08 bits per heavy atom. The van der Waals surface area contributed by atoms with Gasteiger partial charge in [0.25, 0.3) is 0 Å². The molecule has 25 heavy (non-hydrogen) atoms. The number of hydrogen-bond donors (Lipinski definition) is 2. The van der Waals surface area contributed by atoms with E-state index in [1.807, 2.05) is 18.2 Å². The van der Waals surface area contributed by atoms with E-state index in [9.17, 15) is 4.79 Å². The molecule has 1 heterocycles. The van der Waals surface area contributed by atoms with Crippen LogP contribution in [-0.4, -0.2) is 36.4 Å². The summed E-state index contributed by atoms with van der Waals surface area (Å²) in [6.07, 6.45) is 6.83. The second kappa shape index (κ2) is 7.89. The molecule has 3 rings (SSSR count). The van der Waals surface area contributed by atoms with Crippen LogP contribution in [0.5, 0.6) is 0 Å². The molecule has 0 bridgehead atoms. The number of carbonyl (C=O) groups is 1. The normalized spacial score (nSPS) is 19.4. The van der Waals surface area contributed by atoms with Crippen LogP contribution in [-0.2, 0) is 11.3 Å². The number of amides is 1. The van der Waals surface area contributed by atoms with Crippen molar-refractivity contribution in [3.05, 3.63) is 29.8 Å². The van der Waals surface area contributed by atoms with Crippen LogP contribution in [0.2, 0.25) is 0 Å². The van der Waals surface area contributed by atoms with Crippen molar-refractivity contribution >= 4 is 17.6 Å². The SMILES string of the molecule is CCNC(=NCc1cccc(NC(C)=O)c1)N1CCC2(CCCC2)C1. The van der Waals surface area contributed by atoms with Gasteiger partial charge in [-0.3, -0.25) is 4.79 Å². The minimum absolute atomic E-state index is 0.0482. The van der Waals surface area contributed by atoms with Gasteiger partial charge in [-0.05, 0) is 49.3 Å². The summed E-state index contributed by atoms with van der Waals surface area (Å²) in [6.45, 7) is 7.41. The number of guanidine groups is 1.